The molecular weight excluding hydrogens is 244 g/mol. The van der Waals surface area contributed by atoms with E-state index in [-0.39, 0.29) is 11.7 Å². The van der Waals surface area contributed by atoms with Gasteiger partial charge in [0.05, 0.1) is 16.2 Å². The molecule has 19 heavy (non-hydrogen) atoms. The van der Waals surface area contributed by atoms with Crippen LogP contribution in [0.5, 0.6) is 0 Å². The Balaban J connectivity index is 2.35. The first-order valence-corrected chi connectivity index (χ1v) is 5.92. The van der Waals surface area contributed by atoms with Crippen molar-refractivity contribution in [2.24, 2.45) is 0 Å². The first-order chi connectivity index (χ1) is 9.08. The molecule has 1 N–H and O–H groups in total. The van der Waals surface area contributed by atoms with E-state index in [1.807, 2.05) is 13.8 Å². The van der Waals surface area contributed by atoms with Gasteiger partial charge in [0, 0.05) is 12.1 Å². The summed E-state index contributed by atoms with van der Waals surface area (Å²) >= 11 is 0. The molecule has 0 unspecified atom stereocenters. The number of rotatable bonds is 4. The van der Waals surface area contributed by atoms with Crippen LogP contribution < -0.4 is 5.32 Å². The minimum atomic E-state index is -0.419. The molecule has 0 amide bonds. The second-order valence-corrected chi connectivity index (χ2v) is 4.38. The fourth-order valence-electron chi connectivity index (χ4n) is 1.70. The molecule has 2 rings (SSSR count). The average Bonchev–Trinajstić information content (AvgIpc) is 2.39. The molecule has 1 aromatic carbocycles. The van der Waals surface area contributed by atoms with Gasteiger partial charge in [-0.1, -0.05) is 12.1 Å². The van der Waals surface area contributed by atoms with Crippen LogP contribution in [0, 0.1) is 10.1 Å². The zero-order valence-electron chi connectivity index (χ0n) is 10.7. The smallest absolute Gasteiger partial charge is 0.278 e. The van der Waals surface area contributed by atoms with Crippen LogP contribution in [0.4, 0.5) is 11.5 Å². The highest BCUT2D eigenvalue weighted by Crippen LogP contribution is 2.27. The molecule has 0 fully saturated rings. The van der Waals surface area contributed by atoms with E-state index in [2.05, 4.69) is 15.5 Å². The van der Waals surface area contributed by atoms with Crippen LogP contribution in [-0.2, 0) is 0 Å². The molecule has 0 aliphatic heterocycles. The lowest BCUT2D eigenvalue weighted by atomic mass is 10.1. The maximum absolute atomic E-state index is 11.0. The third-order valence-corrected chi connectivity index (χ3v) is 2.48. The van der Waals surface area contributed by atoms with Crippen molar-refractivity contribution in [1.29, 1.82) is 0 Å². The van der Waals surface area contributed by atoms with Gasteiger partial charge >= 0.3 is 0 Å². The lowest BCUT2D eigenvalue weighted by Crippen LogP contribution is -2.11. The summed E-state index contributed by atoms with van der Waals surface area (Å²) in [4.78, 5) is 10.5. The summed E-state index contributed by atoms with van der Waals surface area (Å²) < 4.78 is 0. The van der Waals surface area contributed by atoms with Gasteiger partial charge in [-0.25, -0.2) is 0 Å². The van der Waals surface area contributed by atoms with Crippen molar-refractivity contribution in [3.05, 3.63) is 46.5 Å². The lowest BCUT2D eigenvalue weighted by molar-refractivity contribution is -0.384. The predicted octanol–water partition coefficient (Wildman–Crippen LogP) is 2.87. The molecule has 0 aliphatic rings. The Labute approximate surface area is 110 Å². The number of benzene rings is 1. The molecule has 0 saturated carbocycles. The standard InChI is InChI=1S/C13H14N4O2/c1-9(2)14-13-8-7-11(15-16-13)10-5-3-4-6-12(10)17(18)19/h3-9H,1-2H3,(H,14,16). The molecule has 6 heteroatoms. The van der Waals surface area contributed by atoms with Crippen molar-refractivity contribution in [2.45, 2.75) is 19.9 Å². The Morgan fingerprint density at radius 1 is 1.16 bits per heavy atom. The highest BCUT2D eigenvalue weighted by Gasteiger charge is 2.15. The van der Waals surface area contributed by atoms with Gasteiger partial charge in [0.2, 0.25) is 0 Å². The summed E-state index contributed by atoms with van der Waals surface area (Å²) in [6, 6.07) is 10.2. The summed E-state index contributed by atoms with van der Waals surface area (Å²) in [5, 5.41) is 22.1. The first kappa shape index (κ1) is 12.9. The maximum atomic E-state index is 11.0. The number of aromatic nitrogens is 2. The first-order valence-electron chi connectivity index (χ1n) is 5.92. The summed E-state index contributed by atoms with van der Waals surface area (Å²) in [6.07, 6.45) is 0. The number of nitro groups is 1. The van der Waals surface area contributed by atoms with E-state index >= 15 is 0 Å². The molecule has 0 aliphatic carbocycles. The van der Waals surface area contributed by atoms with E-state index < -0.39 is 4.92 Å². The molecule has 98 valence electrons. The van der Waals surface area contributed by atoms with Gasteiger partial charge in [-0.15, -0.1) is 10.2 Å². The van der Waals surface area contributed by atoms with E-state index in [4.69, 9.17) is 0 Å². The van der Waals surface area contributed by atoms with Gasteiger partial charge < -0.3 is 5.32 Å². The van der Waals surface area contributed by atoms with Crippen molar-refractivity contribution in [3.8, 4) is 11.3 Å². The van der Waals surface area contributed by atoms with Crippen LogP contribution in [0.1, 0.15) is 13.8 Å². The largest absolute Gasteiger partial charge is 0.366 e. The number of anilines is 1. The van der Waals surface area contributed by atoms with Gasteiger partial charge in [-0.05, 0) is 32.0 Å². The highest BCUT2D eigenvalue weighted by atomic mass is 16.6. The van der Waals surface area contributed by atoms with Crippen LogP contribution in [0.15, 0.2) is 36.4 Å². The predicted molar refractivity (Wildman–Crippen MR) is 72.9 cm³/mol. The molecule has 0 atom stereocenters. The quantitative estimate of drug-likeness (QED) is 0.673. The Kier molecular flexibility index (Phi) is 3.70. The lowest BCUT2D eigenvalue weighted by Gasteiger charge is -2.08. The van der Waals surface area contributed by atoms with Crippen molar-refractivity contribution in [1.82, 2.24) is 10.2 Å². The SMILES string of the molecule is CC(C)Nc1ccc(-c2ccccc2[N+](=O)[O-])nn1. The number of hydrogen-bond donors (Lipinski definition) is 1. The zero-order valence-corrected chi connectivity index (χ0v) is 10.7. The van der Waals surface area contributed by atoms with Crippen LogP contribution >= 0.6 is 0 Å². The number of hydrogen-bond acceptors (Lipinski definition) is 5. The third kappa shape index (κ3) is 3.04. The topological polar surface area (TPSA) is 81.0 Å². The van der Waals surface area contributed by atoms with Crippen LogP contribution in [0.3, 0.4) is 0 Å². The van der Waals surface area contributed by atoms with Crippen molar-refractivity contribution >= 4 is 11.5 Å². The molecule has 2 aromatic rings. The van der Waals surface area contributed by atoms with Crippen molar-refractivity contribution in [3.63, 3.8) is 0 Å². The van der Waals surface area contributed by atoms with Crippen molar-refractivity contribution < 1.29 is 4.92 Å². The Bertz CT molecular complexity index is 581. The highest BCUT2D eigenvalue weighted by molar-refractivity contribution is 5.70. The molecule has 1 aromatic heterocycles. The normalized spacial score (nSPS) is 10.5. The van der Waals surface area contributed by atoms with Gasteiger partial charge in [-0.3, -0.25) is 10.1 Å². The molecule has 0 saturated heterocycles. The minimum absolute atomic E-state index is 0.0290. The van der Waals surface area contributed by atoms with Crippen LogP contribution in [0.25, 0.3) is 11.3 Å². The molecule has 0 spiro atoms. The van der Waals surface area contributed by atoms with Gasteiger partial charge in [0.15, 0.2) is 0 Å². The summed E-state index contributed by atoms with van der Waals surface area (Å²) in [6.45, 7) is 4.00. The Morgan fingerprint density at radius 2 is 1.89 bits per heavy atom. The Morgan fingerprint density at radius 3 is 2.47 bits per heavy atom. The average molecular weight is 258 g/mol. The monoisotopic (exact) mass is 258 g/mol. The minimum Gasteiger partial charge on any atom is -0.366 e. The van der Waals surface area contributed by atoms with Crippen LogP contribution in [-0.4, -0.2) is 21.2 Å². The molecular formula is C13H14N4O2. The summed E-state index contributed by atoms with van der Waals surface area (Å²) in [5.74, 6) is 0.650. The fraction of sp³-hybridized carbons (Fsp3) is 0.231. The van der Waals surface area contributed by atoms with Crippen LogP contribution in [0.2, 0.25) is 0 Å². The number of nitrogens with zero attached hydrogens (tertiary/aromatic N) is 3. The maximum Gasteiger partial charge on any atom is 0.278 e. The second-order valence-electron chi connectivity index (χ2n) is 4.38. The molecule has 6 nitrogen and oxygen atoms in total. The molecule has 0 bridgehead atoms. The van der Waals surface area contributed by atoms with Gasteiger partial charge in [0.1, 0.15) is 5.82 Å². The third-order valence-electron chi connectivity index (χ3n) is 2.48. The van der Waals surface area contributed by atoms with E-state index in [9.17, 15) is 10.1 Å². The van der Waals surface area contributed by atoms with E-state index in [0.717, 1.165) is 0 Å². The zero-order chi connectivity index (χ0) is 13.8. The van der Waals surface area contributed by atoms with E-state index in [1.54, 1.807) is 30.3 Å². The molecule has 0 radical (unpaired) electrons. The fourth-order valence-corrected chi connectivity index (χ4v) is 1.70. The van der Waals surface area contributed by atoms with Gasteiger partial charge in [-0.2, -0.15) is 0 Å². The summed E-state index contributed by atoms with van der Waals surface area (Å²) in [5.41, 5.74) is 0.985. The van der Waals surface area contributed by atoms with Crippen molar-refractivity contribution in [2.75, 3.05) is 5.32 Å². The second kappa shape index (κ2) is 5.43. The number of para-hydroxylation sites is 1. The number of nitrogens with one attached hydrogen (secondary N) is 1. The summed E-state index contributed by atoms with van der Waals surface area (Å²) in [7, 11) is 0. The number of nitro benzene ring substituents is 1. The van der Waals surface area contributed by atoms with Gasteiger partial charge in [0.25, 0.3) is 5.69 Å². The Hall–Kier alpha value is -2.50. The van der Waals surface area contributed by atoms with E-state index in [0.29, 0.717) is 17.1 Å². The van der Waals surface area contributed by atoms with E-state index in [1.165, 1.54) is 6.07 Å². The molecule has 1 heterocycles.